The Morgan fingerprint density at radius 2 is 1.71 bits per heavy atom. The van der Waals surface area contributed by atoms with Crippen molar-refractivity contribution in [1.82, 2.24) is 0 Å². The fraction of sp³-hybridized carbons (Fsp3) is 0.316. The largest absolute Gasteiger partial charge is 0.460 e. The first-order valence-electron chi connectivity index (χ1n) is 7.78. The molecule has 0 N–H and O–H groups in total. The lowest BCUT2D eigenvalue weighted by Crippen LogP contribution is -2.09. The summed E-state index contributed by atoms with van der Waals surface area (Å²) in [7, 11) is 0. The average molecular weight is 278 g/mol. The summed E-state index contributed by atoms with van der Waals surface area (Å²) in [4.78, 5) is 12.4. The summed E-state index contributed by atoms with van der Waals surface area (Å²) >= 11 is 0. The summed E-state index contributed by atoms with van der Waals surface area (Å²) in [6.07, 6.45) is 6.06. The highest BCUT2D eigenvalue weighted by Crippen LogP contribution is 2.34. The maximum atomic E-state index is 12.4. The molecule has 0 aliphatic heterocycles. The SMILES string of the molecule is O=c1cc(C2CCCCC2)oc2c1ccc1ccccc12. The van der Waals surface area contributed by atoms with E-state index in [1.807, 2.05) is 30.3 Å². The van der Waals surface area contributed by atoms with Crippen molar-refractivity contribution in [3.63, 3.8) is 0 Å². The van der Waals surface area contributed by atoms with Gasteiger partial charge in [0.2, 0.25) is 0 Å². The van der Waals surface area contributed by atoms with Gasteiger partial charge in [0, 0.05) is 17.4 Å². The lowest BCUT2D eigenvalue weighted by Gasteiger charge is -2.20. The second kappa shape index (κ2) is 5.03. The molecule has 1 saturated carbocycles. The van der Waals surface area contributed by atoms with Crippen molar-refractivity contribution in [2.45, 2.75) is 38.0 Å². The molecule has 0 atom stereocenters. The average Bonchev–Trinajstić information content (AvgIpc) is 2.55. The minimum Gasteiger partial charge on any atom is -0.460 e. The maximum absolute atomic E-state index is 12.4. The molecule has 0 spiro atoms. The Bertz CT molecular complexity index is 854. The molecule has 0 unspecified atom stereocenters. The quantitative estimate of drug-likeness (QED) is 0.587. The van der Waals surface area contributed by atoms with Crippen LogP contribution in [0.3, 0.4) is 0 Å². The molecule has 4 rings (SSSR count). The van der Waals surface area contributed by atoms with Crippen molar-refractivity contribution < 1.29 is 4.42 Å². The van der Waals surface area contributed by atoms with Crippen molar-refractivity contribution in [1.29, 1.82) is 0 Å². The highest BCUT2D eigenvalue weighted by Gasteiger charge is 2.19. The molecule has 2 heteroatoms. The first-order chi connectivity index (χ1) is 10.3. The predicted molar refractivity (Wildman–Crippen MR) is 85.8 cm³/mol. The highest BCUT2D eigenvalue weighted by molar-refractivity contribution is 6.03. The van der Waals surface area contributed by atoms with Crippen LogP contribution in [0.2, 0.25) is 0 Å². The Morgan fingerprint density at radius 1 is 0.905 bits per heavy atom. The number of fused-ring (bicyclic) bond motifs is 3. The minimum absolute atomic E-state index is 0.0857. The van der Waals surface area contributed by atoms with Gasteiger partial charge in [0.15, 0.2) is 5.43 Å². The fourth-order valence-corrected chi connectivity index (χ4v) is 3.49. The molecule has 106 valence electrons. The maximum Gasteiger partial charge on any atom is 0.192 e. The summed E-state index contributed by atoms with van der Waals surface area (Å²) in [6.45, 7) is 0. The van der Waals surface area contributed by atoms with Gasteiger partial charge in [0.25, 0.3) is 0 Å². The fourth-order valence-electron chi connectivity index (χ4n) is 3.49. The first kappa shape index (κ1) is 12.6. The predicted octanol–water partition coefficient (Wildman–Crippen LogP) is 4.99. The van der Waals surface area contributed by atoms with Crippen LogP contribution in [0.5, 0.6) is 0 Å². The molecule has 0 amide bonds. The molecule has 0 saturated heterocycles. The van der Waals surface area contributed by atoms with Crippen LogP contribution in [-0.2, 0) is 0 Å². The van der Waals surface area contributed by atoms with Crippen LogP contribution in [-0.4, -0.2) is 0 Å². The van der Waals surface area contributed by atoms with Crippen LogP contribution in [0.1, 0.15) is 43.8 Å². The normalized spacial score (nSPS) is 16.6. The molecule has 1 heterocycles. The lowest BCUT2D eigenvalue weighted by atomic mass is 9.87. The van der Waals surface area contributed by atoms with Gasteiger partial charge < -0.3 is 4.42 Å². The zero-order chi connectivity index (χ0) is 14.2. The van der Waals surface area contributed by atoms with Gasteiger partial charge in [-0.25, -0.2) is 0 Å². The molecule has 2 nitrogen and oxygen atoms in total. The molecule has 1 fully saturated rings. The standard InChI is InChI=1S/C19H18O2/c20-17-12-18(14-7-2-1-3-8-14)21-19-15-9-5-4-6-13(15)10-11-16(17)19/h4-6,9-12,14H,1-3,7-8H2. The second-order valence-corrected chi connectivity index (χ2v) is 6.01. The van der Waals surface area contributed by atoms with Crippen molar-refractivity contribution in [2.24, 2.45) is 0 Å². The van der Waals surface area contributed by atoms with Crippen molar-refractivity contribution in [3.05, 3.63) is 58.4 Å². The van der Waals surface area contributed by atoms with E-state index in [1.54, 1.807) is 6.07 Å². The summed E-state index contributed by atoms with van der Waals surface area (Å²) in [5, 5.41) is 2.84. The van der Waals surface area contributed by atoms with Gasteiger partial charge in [0.05, 0.1) is 5.39 Å². The third-order valence-electron chi connectivity index (χ3n) is 4.65. The Kier molecular flexibility index (Phi) is 3.03. The Balaban J connectivity index is 1.98. The van der Waals surface area contributed by atoms with Crippen LogP contribution in [0, 0.1) is 0 Å². The molecule has 2 aromatic carbocycles. The summed E-state index contributed by atoms with van der Waals surface area (Å²) < 4.78 is 6.20. The lowest BCUT2D eigenvalue weighted by molar-refractivity contribution is 0.381. The second-order valence-electron chi connectivity index (χ2n) is 6.01. The van der Waals surface area contributed by atoms with Crippen LogP contribution >= 0.6 is 0 Å². The van der Waals surface area contributed by atoms with E-state index in [0.717, 1.165) is 35.0 Å². The summed E-state index contributed by atoms with van der Waals surface area (Å²) in [5.41, 5.74) is 0.837. The molecule has 1 aliphatic rings. The van der Waals surface area contributed by atoms with E-state index in [1.165, 1.54) is 19.3 Å². The van der Waals surface area contributed by atoms with Crippen molar-refractivity contribution in [3.8, 4) is 0 Å². The van der Waals surface area contributed by atoms with Crippen LogP contribution in [0.15, 0.2) is 51.7 Å². The zero-order valence-corrected chi connectivity index (χ0v) is 12.0. The van der Waals surface area contributed by atoms with E-state index in [2.05, 4.69) is 6.07 Å². The van der Waals surface area contributed by atoms with E-state index >= 15 is 0 Å². The summed E-state index contributed by atoms with van der Waals surface area (Å²) in [5.74, 6) is 1.29. The minimum atomic E-state index is 0.0857. The van der Waals surface area contributed by atoms with Crippen LogP contribution < -0.4 is 5.43 Å². The Labute approximate surface area is 123 Å². The number of rotatable bonds is 1. The summed E-state index contributed by atoms with van der Waals surface area (Å²) in [6, 6.07) is 13.7. The van der Waals surface area contributed by atoms with Crippen molar-refractivity contribution >= 4 is 21.7 Å². The molecule has 3 aromatic rings. The molecular weight excluding hydrogens is 260 g/mol. The van der Waals surface area contributed by atoms with Gasteiger partial charge in [-0.15, -0.1) is 0 Å². The van der Waals surface area contributed by atoms with E-state index in [4.69, 9.17) is 4.42 Å². The first-order valence-corrected chi connectivity index (χ1v) is 7.78. The van der Waals surface area contributed by atoms with E-state index < -0.39 is 0 Å². The topological polar surface area (TPSA) is 30.2 Å². The molecule has 0 bridgehead atoms. The number of benzene rings is 2. The van der Waals surface area contributed by atoms with Gasteiger partial charge >= 0.3 is 0 Å². The van der Waals surface area contributed by atoms with E-state index in [9.17, 15) is 4.79 Å². The molecule has 21 heavy (non-hydrogen) atoms. The van der Waals surface area contributed by atoms with Gasteiger partial charge in [-0.2, -0.15) is 0 Å². The molecule has 0 radical (unpaired) electrons. The molecule has 1 aliphatic carbocycles. The third kappa shape index (κ3) is 2.15. The molecule has 1 aromatic heterocycles. The van der Waals surface area contributed by atoms with Gasteiger partial charge in [-0.1, -0.05) is 49.6 Å². The van der Waals surface area contributed by atoms with E-state index in [0.29, 0.717) is 11.3 Å². The smallest absolute Gasteiger partial charge is 0.192 e. The zero-order valence-electron chi connectivity index (χ0n) is 12.0. The van der Waals surface area contributed by atoms with Crippen LogP contribution in [0.25, 0.3) is 21.7 Å². The van der Waals surface area contributed by atoms with E-state index in [-0.39, 0.29) is 5.43 Å². The highest BCUT2D eigenvalue weighted by atomic mass is 16.3. The molecular formula is C19H18O2. The van der Waals surface area contributed by atoms with Gasteiger partial charge in [-0.05, 0) is 24.3 Å². The Morgan fingerprint density at radius 3 is 2.57 bits per heavy atom. The van der Waals surface area contributed by atoms with Crippen molar-refractivity contribution in [2.75, 3.05) is 0 Å². The van der Waals surface area contributed by atoms with Gasteiger partial charge in [0.1, 0.15) is 11.3 Å². The number of hydrogen-bond donors (Lipinski definition) is 0. The Hall–Kier alpha value is -2.09. The van der Waals surface area contributed by atoms with Gasteiger partial charge in [-0.3, -0.25) is 4.79 Å². The number of hydrogen-bond acceptors (Lipinski definition) is 2. The third-order valence-corrected chi connectivity index (χ3v) is 4.65. The van der Waals surface area contributed by atoms with Crippen LogP contribution in [0.4, 0.5) is 0 Å². The monoisotopic (exact) mass is 278 g/mol.